The quantitative estimate of drug-likeness (QED) is 0.847. The first-order valence-electron chi connectivity index (χ1n) is 7.63. The normalized spacial score (nSPS) is 27.6. The third kappa shape index (κ3) is 3.13. The molecule has 1 fully saturated rings. The molecule has 0 saturated heterocycles. The maximum atomic E-state index is 12.6. The van der Waals surface area contributed by atoms with Crippen LogP contribution in [0.1, 0.15) is 26.2 Å². The summed E-state index contributed by atoms with van der Waals surface area (Å²) in [6.45, 7) is 2.67. The van der Waals surface area contributed by atoms with Crippen LogP contribution in [0.3, 0.4) is 0 Å². The molecule has 5 heteroatoms. The molecule has 118 valence electrons. The Morgan fingerprint density at radius 1 is 1.32 bits per heavy atom. The van der Waals surface area contributed by atoms with Gasteiger partial charge in [0.1, 0.15) is 18.1 Å². The van der Waals surface area contributed by atoms with Crippen molar-refractivity contribution in [1.29, 1.82) is 0 Å². The lowest BCUT2D eigenvalue weighted by Crippen LogP contribution is -2.42. The lowest BCUT2D eigenvalue weighted by atomic mass is 9.80. The number of Topliss-reactive ketones (excluding diaryl/α,β-unsaturated/α-hetero) is 1. The number of halogens is 1. The second-order valence-corrected chi connectivity index (χ2v) is 5.96. The van der Waals surface area contributed by atoms with E-state index < -0.39 is 0 Å². The molecule has 1 aromatic rings. The molecule has 1 aliphatic heterocycles. The van der Waals surface area contributed by atoms with Gasteiger partial charge >= 0.3 is 0 Å². The van der Waals surface area contributed by atoms with Crippen molar-refractivity contribution in [2.75, 3.05) is 6.61 Å². The standard InChI is InChI=1S/C17H19ClO4/c1-2-20-11-7-8-12-15(9-11)21-10-16(17(12)19)22-14-6-4-3-5-13(14)18/h3-6,10-12,15H,2,7-9H2,1H3. The van der Waals surface area contributed by atoms with Gasteiger partial charge in [-0.05, 0) is 31.9 Å². The maximum absolute atomic E-state index is 12.6. The van der Waals surface area contributed by atoms with Gasteiger partial charge in [0, 0.05) is 13.0 Å². The molecule has 3 atom stereocenters. The summed E-state index contributed by atoms with van der Waals surface area (Å²) in [6.07, 6.45) is 3.87. The highest BCUT2D eigenvalue weighted by Gasteiger charge is 2.41. The summed E-state index contributed by atoms with van der Waals surface area (Å²) < 4.78 is 17.0. The van der Waals surface area contributed by atoms with Crippen LogP contribution in [0.2, 0.25) is 5.02 Å². The molecule has 1 heterocycles. The molecule has 0 N–H and O–H groups in total. The third-order valence-corrected chi connectivity index (χ3v) is 4.44. The molecule has 1 saturated carbocycles. The van der Waals surface area contributed by atoms with Crippen LogP contribution < -0.4 is 4.74 Å². The highest BCUT2D eigenvalue weighted by molar-refractivity contribution is 6.32. The van der Waals surface area contributed by atoms with E-state index in [1.807, 2.05) is 19.1 Å². The first kappa shape index (κ1) is 15.4. The fourth-order valence-electron chi connectivity index (χ4n) is 3.04. The minimum Gasteiger partial charge on any atom is -0.493 e. The lowest BCUT2D eigenvalue weighted by Gasteiger charge is -2.37. The van der Waals surface area contributed by atoms with E-state index in [-0.39, 0.29) is 29.7 Å². The Morgan fingerprint density at radius 3 is 2.91 bits per heavy atom. The van der Waals surface area contributed by atoms with Crippen molar-refractivity contribution >= 4 is 17.4 Å². The number of hydrogen-bond donors (Lipinski definition) is 0. The van der Waals surface area contributed by atoms with E-state index in [9.17, 15) is 4.79 Å². The first-order valence-corrected chi connectivity index (χ1v) is 8.00. The molecule has 3 rings (SSSR count). The summed E-state index contributed by atoms with van der Waals surface area (Å²) in [5, 5.41) is 0.471. The van der Waals surface area contributed by atoms with Crippen molar-refractivity contribution in [3.05, 3.63) is 41.3 Å². The van der Waals surface area contributed by atoms with Crippen LogP contribution >= 0.6 is 11.6 Å². The topological polar surface area (TPSA) is 44.8 Å². The molecule has 0 aromatic heterocycles. The number of allylic oxidation sites excluding steroid dienone is 1. The van der Waals surface area contributed by atoms with Gasteiger partial charge in [-0.3, -0.25) is 4.79 Å². The number of hydrogen-bond acceptors (Lipinski definition) is 4. The van der Waals surface area contributed by atoms with Crippen LogP contribution in [0.25, 0.3) is 0 Å². The van der Waals surface area contributed by atoms with Gasteiger partial charge in [0.2, 0.25) is 11.5 Å². The zero-order valence-electron chi connectivity index (χ0n) is 12.5. The Hall–Kier alpha value is -1.52. The third-order valence-electron chi connectivity index (χ3n) is 4.13. The summed E-state index contributed by atoms with van der Waals surface area (Å²) in [4.78, 5) is 12.6. The van der Waals surface area contributed by atoms with Gasteiger partial charge in [-0.1, -0.05) is 23.7 Å². The number of ketones is 1. The molecule has 3 unspecified atom stereocenters. The number of ether oxygens (including phenoxy) is 3. The van der Waals surface area contributed by atoms with Crippen LogP contribution in [-0.4, -0.2) is 24.6 Å². The molecule has 4 nitrogen and oxygen atoms in total. The molecule has 0 spiro atoms. The Bertz CT molecular complexity index is 584. The highest BCUT2D eigenvalue weighted by atomic mass is 35.5. The first-order chi connectivity index (χ1) is 10.7. The summed E-state index contributed by atoms with van der Waals surface area (Å²) in [7, 11) is 0. The number of para-hydroxylation sites is 1. The predicted octanol–water partition coefficient (Wildman–Crippen LogP) is 3.73. The van der Waals surface area contributed by atoms with Crippen LogP contribution in [0, 0.1) is 5.92 Å². The van der Waals surface area contributed by atoms with Crippen molar-refractivity contribution < 1.29 is 19.0 Å². The monoisotopic (exact) mass is 322 g/mol. The van der Waals surface area contributed by atoms with Gasteiger partial charge in [0.25, 0.3) is 0 Å². The summed E-state index contributed by atoms with van der Waals surface area (Å²) in [6, 6.07) is 7.08. The van der Waals surface area contributed by atoms with Gasteiger partial charge in [-0.15, -0.1) is 0 Å². The zero-order valence-corrected chi connectivity index (χ0v) is 13.2. The molecule has 0 amide bonds. The minimum atomic E-state index is -0.154. The van der Waals surface area contributed by atoms with Crippen molar-refractivity contribution in [1.82, 2.24) is 0 Å². The lowest BCUT2D eigenvalue weighted by molar-refractivity contribution is -0.133. The average Bonchev–Trinajstić information content (AvgIpc) is 2.52. The van der Waals surface area contributed by atoms with Gasteiger partial charge in [-0.2, -0.15) is 0 Å². The molecular weight excluding hydrogens is 304 g/mol. The number of fused-ring (bicyclic) bond motifs is 1. The second kappa shape index (κ2) is 6.71. The van der Waals surface area contributed by atoms with Gasteiger partial charge in [-0.25, -0.2) is 0 Å². The van der Waals surface area contributed by atoms with E-state index >= 15 is 0 Å². The van der Waals surface area contributed by atoms with Gasteiger partial charge < -0.3 is 14.2 Å². The SMILES string of the molecule is CCOC1CCC2C(=O)C(Oc3ccccc3Cl)=COC2C1. The van der Waals surface area contributed by atoms with Gasteiger partial charge in [0.05, 0.1) is 17.0 Å². The number of carbonyl (C=O) groups excluding carboxylic acids is 1. The Balaban J connectivity index is 1.71. The minimum absolute atomic E-state index is 0.00822. The summed E-state index contributed by atoms with van der Waals surface area (Å²) in [5.74, 6) is 0.531. The van der Waals surface area contributed by atoms with E-state index in [2.05, 4.69) is 0 Å². The zero-order chi connectivity index (χ0) is 15.5. The fraction of sp³-hybridized carbons (Fsp3) is 0.471. The Labute approximate surface area is 135 Å². The molecular formula is C17H19ClO4. The van der Waals surface area contributed by atoms with Crippen molar-refractivity contribution in [3.63, 3.8) is 0 Å². The second-order valence-electron chi connectivity index (χ2n) is 5.55. The van der Waals surface area contributed by atoms with E-state index in [1.54, 1.807) is 12.1 Å². The summed E-state index contributed by atoms with van der Waals surface area (Å²) >= 11 is 6.06. The van der Waals surface area contributed by atoms with Crippen molar-refractivity contribution in [2.24, 2.45) is 5.92 Å². The number of carbonyl (C=O) groups is 1. The maximum Gasteiger partial charge on any atom is 0.208 e. The van der Waals surface area contributed by atoms with Crippen LogP contribution in [0.4, 0.5) is 0 Å². The van der Waals surface area contributed by atoms with Crippen LogP contribution in [0.5, 0.6) is 5.75 Å². The average molecular weight is 323 g/mol. The van der Waals surface area contributed by atoms with Crippen LogP contribution in [-0.2, 0) is 14.3 Å². The molecule has 22 heavy (non-hydrogen) atoms. The Morgan fingerprint density at radius 2 is 2.14 bits per heavy atom. The molecule has 1 aliphatic carbocycles. The molecule has 0 radical (unpaired) electrons. The van der Waals surface area contributed by atoms with E-state index in [1.165, 1.54) is 6.26 Å². The van der Waals surface area contributed by atoms with E-state index in [0.717, 1.165) is 19.3 Å². The Kier molecular flexibility index (Phi) is 4.69. The molecule has 2 aliphatic rings. The van der Waals surface area contributed by atoms with E-state index in [4.69, 9.17) is 25.8 Å². The van der Waals surface area contributed by atoms with Gasteiger partial charge in [0.15, 0.2) is 0 Å². The number of rotatable bonds is 4. The predicted molar refractivity (Wildman–Crippen MR) is 82.8 cm³/mol. The molecule has 1 aromatic carbocycles. The number of benzene rings is 1. The molecule has 0 bridgehead atoms. The largest absolute Gasteiger partial charge is 0.493 e. The smallest absolute Gasteiger partial charge is 0.208 e. The van der Waals surface area contributed by atoms with Crippen molar-refractivity contribution in [2.45, 2.75) is 38.4 Å². The van der Waals surface area contributed by atoms with E-state index in [0.29, 0.717) is 17.4 Å². The van der Waals surface area contributed by atoms with Crippen LogP contribution in [0.15, 0.2) is 36.3 Å². The van der Waals surface area contributed by atoms with Crippen molar-refractivity contribution in [3.8, 4) is 5.75 Å². The fourth-order valence-corrected chi connectivity index (χ4v) is 3.21. The summed E-state index contributed by atoms with van der Waals surface area (Å²) in [5.41, 5.74) is 0. The highest BCUT2D eigenvalue weighted by Crippen LogP contribution is 2.35.